The maximum atomic E-state index is 11.5. The number of hydrogen-bond acceptors (Lipinski definition) is 3. The molecule has 5 heteroatoms. The molecule has 2 aliphatic rings. The molecular weight excluding hydrogens is 200 g/mol. The minimum atomic E-state index is -2.96. The molecule has 1 aliphatic heterocycles. The van der Waals surface area contributed by atoms with E-state index < -0.39 is 10.0 Å². The first-order valence-corrected chi connectivity index (χ1v) is 6.92. The van der Waals surface area contributed by atoms with Gasteiger partial charge >= 0.3 is 0 Å². The van der Waals surface area contributed by atoms with Crippen molar-refractivity contribution in [2.45, 2.75) is 30.9 Å². The molecule has 1 saturated carbocycles. The molecular formula is C9H18N2O2S. The first kappa shape index (κ1) is 10.4. The topological polar surface area (TPSA) is 58.2 Å². The molecule has 0 aromatic rings. The Morgan fingerprint density at radius 3 is 2.64 bits per heavy atom. The highest BCUT2D eigenvalue weighted by Gasteiger charge is 2.35. The van der Waals surface area contributed by atoms with Gasteiger partial charge in [-0.15, -0.1) is 0 Å². The van der Waals surface area contributed by atoms with Crippen molar-refractivity contribution in [3.8, 4) is 0 Å². The van der Waals surface area contributed by atoms with Crippen LogP contribution in [-0.2, 0) is 10.0 Å². The standard InChI is InChI=1S/C9H18N2O2S/c12-14(13,9-3-4-9)11-7-8-2-1-5-10-6-8/h8-11H,1-7H2/t8-/m0/s1. The summed E-state index contributed by atoms with van der Waals surface area (Å²) in [5.41, 5.74) is 0. The van der Waals surface area contributed by atoms with Gasteiger partial charge in [0.05, 0.1) is 5.25 Å². The van der Waals surface area contributed by atoms with Gasteiger partial charge in [-0.3, -0.25) is 0 Å². The van der Waals surface area contributed by atoms with E-state index in [1.807, 2.05) is 0 Å². The Hall–Kier alpha value is -0.130. The number of sulfonamides is 1. The van der Waals surface area contributed by atoms with Crippen molar-refractivity contribution in [3.05, 3.63) is 0 Å². The molecule has 1 aliphatic carbocycles. The van der Waals surface area contributed by atoms with Gasteiger partial charge in [0.25, 0.3) is 0 Å². The molecule has 0 bridgehead atoms. The van der Waals surface area contributed by atoms with Gasteiger partial charge in [-0.2, -0.15) is 0 Å². The van der Waals surface area contributed by atoms with Crippen LogP contribution in [0.4, 0.5) is 0 Å². The molecule has 0 spiro atoms. The summed E-state index contributed by atoms with van der Waals surface area (Å²) in [6, 6.07) is 0. The molecule has 0 aromatic carbocycles. The summed E-state index contributed by atoms with van der Waals surface area (Å²) in [5.74, 6) is 0.484. The van der Waals surface area contributed by atoms with Crippen LogP contribution in [0.1, 0.15) is 25.7 Å². The Morgan fingerprint density at radius 2 is 2.07 bits per heavy atom. The van der Waals surface area contributed by atoms with E-state index in [2.05, 4.69) is 10.0 Å². The van der Waals surface area contributed by atoms with Gasteiger partial charge in [0.2, 0.25) is 10.0 Å². The van der Waals surface area contributed by atoms with Gasteiger partial charge in [0.15, 0.2) is 0 Å². The number of hydrogen-bond donors (Lipinski definition) is 2. The monoisotopic (exact) mass is 218 g/mol. The molecule has 14 heavy (non-hydrogen) atoms. The van der Waals surface area contributed by atoms with E-state index >= 15 is 0 Å². The number of rotatable bonds is 4. The maximum Gasteiger partial charge on any atom is 0.214 e. The fraction of sp³-hybridized carbons (Fsp3) is 1.00. The highest BCUT2D eigenvalue weighted by Crippen LogP contribution is 2.27. The SMILES string of the molecule is O=S(=O)(NC[C@H]1CCCNC1)C1CC1. The minimum absolute atomic E-state index is 0.0842. The third kappa shape index (κ3) is 2.68. The second kappa shape index (κ2) is 4.16. The zero-order valence-corrected chi connectivity index (χ0v) is 9.15. The van der Waals surface area contributed by atoms with Crippen LogP contribution in [0.25, 0.3) is 0 Å². The highest BCUT2D eigenvalue weighted by molar-refractivity contribution is 7.90. The van der Waals surface area contributed by atoms with Crippen molar-refractivity contribution in [3.63, 3.8) is 0 Å². The molecule has 2 fully saturated rings. The van der Waals surface area contributed by atoms with Crippen molar-refractivity contribution in [1.82, 2.24) is 10.0 Å². The smallest absolute Gasteiger partial charge is 0.214 e. The summed E-state index contributed by atoms with van der Waals surface area (Å²) in [7, 11) is -2.96. The van der Waals surface area contributed by atoms with Crippen LogP contribution in [0.3, 0.4) is 0 Å². The second-order valence-corrected chi connectivity index (χ2v) is 6.35. The summed E-state index contributed by atoms with van der Waals surface area (Å²) in [6.45, 7) is 2.64. The minimum Gasteiger partial charge on any atom is -0.316 e. The molecule has 0 amide bonds. The van der Waals surface area contributed by atoms with Crippen molar-refractivity contribution >= 4 is 10.0 Å². The van der Waals surface area contributed by atoms with Crippen LogP contribution in [0.5, 0.6) is 0 Å². The fourth-order valence-electron chi connectivity index (χ4n) is 1.83. The van der Waals surface area contributed by atoms with Crippen LogP contribution < -0.4 is 10.0 Å². The van der Waals surface area contributed by atoms with Crippen LogP contribution in [0, 0.1) is 5.92 Å². The van der Waals surface area contributed by atoms with Crippen LogP contribution in [0.15, 0.2) is 0 Å². The Balaban J connectivity index is 1.75. The number of piperidine rings is 1. The van der Waals surface area contributed by atoms with Gasteiger partial charge < -0.3 is 5.32 Å². The molecule has 1 heterocycles. The average Bonchev–Trinajstić information content (AvgIpc) is 3.00. The lowest BCUT2D eigenvalue weighted by atomic mass is 10.0. The molecule has 2 rings (SSSR count). The molecule has 82 valence electrons. The normalized spacial score (nSPS) is 29.0. The highest BCUT2D eigenvalue weighted by atomic mass is 32.2. The van der Waals surface area contributed by atoms with E-state index in [9.17, 15) is 8.42 Å². The first-order chi connectivity index (χ1) is 6.68. The van der Waals surface area contributed by atoms with Gasteiger partial charge in [-0.05, 0) is 44.7 Å². The van der Waals surface area contributed by atoms with Gasteiger partial charge in [-0.1, -0.05) is 0 Å². The zero-order valence-electron chi connectivity index (χ0n) is 8.33. The van der Waals surface area contributed by atoms with Gasteiger partial charge in [-0.25, -0.2) is 13.1 Å². The van der Waals surface area contributed by atoms with E-state index in [-0.39, 0.29) is 5.25 Å². The van der Waals surface area contributed by atoms with Crippen molar-refractivity contribution in [2.24, 2.45) is 5.92 Å². The van der Waals surface area contributed by atoms with E-state index in [4.69, 9.17) is 0 Å². The maximum absolute atomic E-state index is 11.5. The molecule has 0 unspecified atom stereocenters. The number of nitrogens with one attached hydrogen (secondary N) is 2. The largest absolute Gasteiger partial charge is 0.316 e. The van der Waals surface area contributed by atoms with Crippen LogP contribution in [-0.4, -0.2) is 33.3 Å². The molecule has 0 radical (unpaired) electrons. The van der Waals surface area contributed by atoms with E-state index in [1.54, 1.807) is 0 Å². The lowest BCUT2D eigenvalue weighted by Crippen LogP contribution is -2.39. The lowest BCUT2D eigenvalue weighted by molar-refractivity contribution is 0.376. The van der Waals surface area contributed by atoms with Crippen molar-refractivity contribution < 1.29 is 8.42 Å². The Morgan fingerprint density at radius 1 is 1.29 bits per heavy atom. The molecule has 1 atom stereocenters. The molecule has 1 saturated heterocycles. The third-order valence-electron chi connectivity index (χ3n) is 2.94. The van der Waals surface area contributed by atoms with Crippen molar-refractivity contribution in [2.75, 3.05) is 19.6 Å². The zero-order chi connectivity index (χ0) is 10.0. The first-order valence-electron chi connectivity index (χ1n) is 5.38. The van der Waals surface area contributed by atoms with E-state index in [0.29, 0.717) is 12.5 Å². The molecule has 4 nitrogen and oxygen atoms in total. The van der Waals surface area contributed by atoms with Gasteiger partial charge in [0.1, 0.15) is 0 Å². The summed E-state index contributed by atoms with van der Waals surface area (Å²) >= 11 is 0. The molecule has 0 aromatic heterocycles. The predicted molar refractivity (Wildman–Crippen MR) is 55.5 cm³/mol. The summed E-state index contributed by atoms with van der Waals surface area (Å²) in [4.78, 5) is 0. The van der Waals surface area contributed by atoms with E-state index in [0.717, 1.165) is 38.8 Å². The predicted octanol–water partition coefficient (Wildman–Crippen LogP) is 0.0678. The van der Waals surface area contributed by atoms with Crippen LogP contribution in [0.2, 0.25) is 0 Å². The Kier molecular flexibility index (Phi) is 3.09. The summed E-state index contributed by atoms with van der Waals surface area (Å²) < 4.78 is 25.7. The fourth-order valence-corrected chi connectivity index (χ4v) is 3.29. The average molecular weight is 218 g/mol. The second-order valence-electron chi connectivity index (χ2n) is 4.31. The Bertz CT molecular complexity index is 279. The lowest BCUT2D eigenvalue weighted by Gasteiger charge is -2.22. The third-order valence-corrected chi connectivity index (χ3v) is 4.85. The van der Waals surface area contributed by atoms with Gasteiger partial charge in [0, 0.05) is 6.54 Å². The Labute approximate surface area is 85.5 Å². The molecule has 2 N–H and O–H groups in total. The van der Waals surface area contributed by atoms with Crippen LogP contribution >= 0.6 is 0 Å². The van der Waals surface area contributed by atoms with E-state index in [1.165, 1.54) is 0 Å². The summed E-state index contributed by atoms with van der Waals surface area (Å²) in [6.07, 6.45) is 3.99. The van der Waals surface area contributed by atoms with Crippen molar-refractivity contribution in [1.29, 1.82) is 0 Å². The summed E-state index contributed by atoms with van der Waals surface area (Å²) in [5, 5.41) is 3.20. The quantitative estimate of drug-likeness (QED) is 0.702.